The number of hydrogen-bond acceptors (Lipinski definition) is 5. The lowest BCUT2D eigenvalue weighted by molar-refractivity contribution is 0.197. The molecule has 0 saturated heterocycles. The summed E-state index contributed by atoms with van der Waals surface area (Å²) in [5, 5.41) is 0. The van der Waals surface area contributed by atoms with Crippen LogP contribution in [0.3, 0.4) is 0 Å². The third-order valence-electron chi connectivity index (χ3n) is 3.76. The Hall–Kier alpha value is -2.11. The van der Waals surface area contributed by atoms with Crippen molar-refractivity contribution in [3.8, 4) is 5.88 Å². The summed E-state index contributed by atoms with van der Waals surface area (Å²) in [5.74, 6) is 1.66. The minimum Gasteiger partial charge on any atom is -0.472 e. The van der Waals surface area contributed by atoms with E-state index in [0.29, 0.717) is 24.0 Å². The lowest BCUT2D eigenvalue weighted by Gasteiger charge is -2.10. The first-order chi connectivity index (χ1) is 9.45. The van der Waals surface area contributed by atoms with Crippen LogP contribution in [0.4, 0.5) is 0 Å². The predicted octanol–water partition coefficient (Wildman–Crippen LogP) is 1.47. The fraction of sp³-hybridized carbons (Fsp3) is 0.500. The van der Waals surface area contributed by atoms with E-state index in [1.54, 1.807) is 11.5 Å². The summed E-state index contributed by atoms with van der Waals surface area (Å²) >= 11 is 0. The molecule has 6 nitrogen and oxygen atoms in total. The summed E-state index contributed by atoms with van der Waals surface area (Å²) in [7, 11) is 0. The lowest BCUT2D eigenvalue weighted by Crippen LogP contribution is -2.27. The Kier molecular flexibility index (Phi) is 2.88. The van der Waals surface area contributed by atoms with E-state index in [-0.39, 0.29) is 11.9 Å². The molecule has 1 aliphatic rings. The van der Waals surface area contributed by atoms with Crippen molar-refractivity contribution in [2.24, 2.45) is 0 Å². The number of fused-ring (bicyclic) bond motifs is 1. The monoisotopic (exact) mass is 275 g/mol. The first-order valence-electron chi connectivity index (χ1n) is 6.63. The predicted molar refractivity (Wildman–Crippen MR) is 72.1 cm³/mol. The van der Waals surface area contributed by atoms with Crippen LogP contribution in [0.5, 0.6) is 5.88 Å². The van der Waals surface area contributed by atoms with Gasteiger partial charge in [-0.05, 0) is 27.7 Å². The summed E-state index contributed by atoms with van der Waals surface area (Å²) in [5.41, 5.74) is 2.82. The molecule has 0 unspecified atom stereocenters. The molecule has 0 amide bonds. The van der Waals surface area contributed by atoms with Gasteiger partial charge in [0, 0.05) is 17.7 Å². The molecule has 0 aromatic carbocycles. The third-order valence-corrected chi connectivity index (χ3v) is 3.76. The van der Waals surface area contributed by atoms with Crippen LogP contribution < -0.4 is 10.5 Å². The van der Waals surface area contributed by atoms with Gasteiger partial charge in [0.05, 0.1) is 12.2 Å². The van der Waals surface area contributed by atoms with Crippen LogP contribution in [0.2, 0.25) is 0 Å². The van der Waals surface area contributed by atoms with Crippen LogP contribution in [0.25, 0.3) is 0 Å². The standard InChI is InChI=1S/C14H17N3O3/c1-7-12-5-11(20-13(12)16-10(4)15-7)6-17-8(2)9(3)19-14(17)18/h11H,5-6H2,1-4H3/t11-/m1/s1. The van der Waals surface area contributed by atoms with E-state index < -0.39 is 0 Å². The van der Waals surface area contributed by atoms with Crippen molar-refractivity contribution in [3.05, 3.63) is 39.1 Å². The average Bonchev–Trinajstić information content (AvgIpc) is 2.86. The number of ether oxygens (including phenoxy) is 1. The molecule has 0 fully saturated rings. The Bertz CT molecular complexity index is 730. The number of rotatable bonds is 2. The second-order valence-electron chi connectivity index (χ2n) is 5.20. The molecule has 0 spiro atoms. The minimum absolute atomic E-state index is 0.104. The van der Waals surface area contributed by atoms with Gasteiger partial charge in [-0.25, -0.2) is 9.78 Å². The molecular formula is C14H17N3O3. The van der Waals surface area contributed by atoms with Gasteiger partial charge in [-0.15, -0.1) is 0 Å². The van der Waals surface area contributed by atoms with Crippen LogP contribution in [0.15, 0.2) is 9.21 Å². The SMILES string of the molecule is Cc1nc(C)c2c(n1)O[C@@H](Cn1c(C)c(C)oc1=O)C2. The molecular weight excluding hydrogens is 258 g/mol. The van der Waals surface area contributed by atoms with Crippen molar-refractivity contribution in [1.29, 1.82) is 0 Å². The molecule has 20 heavy (non-hydrogen) atoms. The molecule has 0 bridgehead atoms. The molecule has 2 aromatic heterocycles. The molecule has 0 aliphatic carbocycles. The van der Waals surface area contributed by atoms with E-state index >= 15 is 0 Å². The highest BCUT2D eigenvalue weighted by Crippen LogP contribution is 2.29. The van der Waals surface area contributed by atoms with Crippen molar-refractivity contribution in [2.45, 2.75) is 46.8 Å². The van der Waals surface area contributed by atoms with Gasteiger partial charge < -0.3 is 9.15 Å². The second-order valence-corrected chi connectivity index (χ2v) is 5.20. The Morgan fingerprint density at radius 1 is 1.25 bits per heavy atom. The van der Waals surface area contributed by atoms with Gasteiger partial charge in [-0.3, -0.25) is 4.57 Å². The molecule has 6 heteroatoms. The van der Waals surface area contributed by atoms with Crippen LogP contribution >= 0.6 is 0 Å². The van der Waals surface area contributed by atoms with Gasteiger partial charge in [-0.1, -0.05) is 0 Å². The number of aryl methyl sites for hydroxylation is 3. The topological polar surface area (TPSA) is 70.2 Å². The molecule has 2 aromatic rings. The molecule has 0 saturated carbocycles. The van der Waals surface area contributed by atoms with Gasteiger partial charge in [0.25, 0.3) is 0 Å². The largest absolute Gasteiger partial charge is 0.472 e. The normalized spacial score (nSPS) is 17.1. The maximum atomic E-state index is 11.8. The Labute approximate surface area is 116 Å². The van der Waals surface area contributed by atoms with Gasteiger partial charge in [0.15, 0.2) is 0 Å². The average molecular weight is 275 g/mol. The molecule has 0 radical (unpaired) electrons. The highest BCUT2D eigenvalue weighted by atomic mass is 16.5. The highest BCUT2D eigenvalue weighted by molar-refractivity contribution is 5.34. The number of nitrogens with zero attached hydrogens (tertiary/aromatic N) is 3. The van der Waals surface area contributed by atoms with Crippen LogP contribution in [-0.4, -0.2) is 20.6 Å². The highest BCUT2D eigenvalue weighted by Gasteiger charge is 2.28. The lowest BCUT2D eigenvalue weighted by atomic mass is 10.1. The van der Waals surface area contributed by atoms with Crippen molar-refractivity contribution in [1.82, 2.24) is 14.5 Å². The van der Waals surface area contributed by atoms with E-state index in [1.165, 1.54) is 0 Å². The summed E-state index contributed by atoms with van der Waals surface area (Å²) < 4.78 is 12.6. The zero-order valence-electron chi connectivity index (χ0n) is 12.1. The van der Waals surface area contributed by atoms with Crippen molar-refractivity contribution in [3.63, 3.8) is 0 Å². The molecule has 3 rings (SSSR count). The van der Waals surface area contributed by atoms with Gasteiger partial charge >= 0.3 is 5.76 Å². The van der Waals surface area contributed by atoms with Crippen LogP contribution in [0, 0.1) is 27.7 Å². The number of hydrogen-bond donors (Lipinski definition) is 0. The Morgan fingerprint density at radius 3 is 2.65 bits per heavy atom. The molecule has 1 aliphatic heterocycles. The zero-order chi connectivity index (χ0) is 14.4. The zero-order valence-corrected chi connectivity index (χ0v) is 12.1. The Balaban J connectivity index is 1.86. The van der Waals surface area contributed by atoms with Crippen molar-refractivity contribution >= 4 is 0 Å². The van der Waals surface area contributed by atoms with Crippen LogP contribution in [-0.2, 0) is 13.0 Å². The summed E-state index contributed by atoms with van der Waals surface area (Å²) in [6.07, 6.45) is 0.616. The van der Waals surface area contributed by atoms with E-state index in [1.807, 2.05) is 20.8 Å². The maximum absolute atomic E-state index is 11.8. The number of aromatic nitrogens is 3. The quantitative estimate of drug-likeness (QED) is 0.830. The summed E-state index contributed by atoms with van der Waals surface area (Å²) in [4.78, 5) is 20.4. The third kappa shape index (κ3) is 2.01. The number of oxazole rings is 1. The molecule has 0 N–H and O–H groups in total. The van der Waals surface area contributed by atoms with Crippen molar-refractivity contribution < 1.29 is 9.15 Å². The second kappa shape index (κ2) is 4.47. The van der Waals surface area contributed by atoms with E-state index in [9.17, 15) is 4.79 Å². The van der Waals surface area contributed by atoms with Crippen molar-refractivity contribution in [2.75, 3.05) is 0 Å². The van der Waals surface area contributed by atoms with Gasteiger partial charge in [0.1, 0.15) is 17.7 Å². The maximum Gasteiger partial charge on any atom is 0.419 e. The molecule has 3 heterocycles. The molecule has 106 valence electrons. The summed E-state index contributed by atoms with van der Waals surface area (Å²) in [6, 6.07) is 0. The van der Waals surface area contributed by atoms with Gasteiger partial charge in [-0.2, -0.15) is 4.98 Å². The van der Waals surface area contributed by atoms with E-state index in [4.69, 9.17) is 9.15 Å². The first-order valence-corrected chi connectivity index (χ1v) is 6.63. The smallest absolute Gasteiger partial charge is 0.419 e. The van der Waals surface area contributed by atoms with Crippen LogP contribution in [0.1, 0.15) is 28.5 Å². The fourth-order valence-corrected chi connectivity index (χ4v) is 2.57. The molecule has 1 atom stereocenters. The first kappa shape index (κ1) is 12.9. The van der Waals surface area contributed by atoms with E-state index in [0.717, 1.165) is 23.4 Å². The summed E-state index contributed by atoms with van der Waals surface area (Å²) in [6.45, 7) is 7.93. The van der Waals surface area contributed by atoms with Gasteiger partial charge in [0.2, 0.25) is 5.88 Å². The minimum atomic E-state index is -0.335. The van der Waals surface area contributed by atoms with E-state index in [2.05, 4.69) is 9.97 Å². The fourth-order valence-electron chi connectivity index (χ4n) is 2.57. The Morgan fingerprint density at radius 2 is 2.00 bits per heavy atom.